The Kier molecular flexibility index (Phi) is 4.88. The lowest BCUT2D eigenvalue weighted by atomic mass is 9.78. The zero-order valence-corrected chi connectivity index (χ0v) is 6.43. The zero-order valence-electron chi connectivity index (χ0n) is 6.43. The molecule has 52 valence electrons. The second kappa shape index (κ2) is 4.86. The molecule has 0 aromatic carbocycles. The molecule has 0 bridgehead atoms. The average molecular weight is 125 g/mol. The standard InChI is InChI=1S/C7H16BN/c1-3-4-5-7(8)6(2)9/h6-7H,3-5,9H2,1-2H3/t6-,7+/m1/s1. The molecule has 2 heteroatoms. The van der Waals surface area contributed by atoms with Crippen LogP contribution < -0.4 is 5.73 Å². The molecule has 0 unspecified atom stereocenters. The summed E-state index contributed by atoms with van der Waals surface area (Å²) in [5.41, 5.74) is 5.55. The van der Waals surface area contributed by atoms with Crippen LogP contribution in [0.15, 0.2) is 0 Å². The van der Waals surface area contributed by atoms with Gasteiger partial charge in [-0.05, 0) is 6.04 Å². The van der Waals surface area contributed by atoms with Crippen molar-refractivity contribution < 1.29 is 0 Å². The summed E-state index contributed by atoms with van der Waals surface area (Å²) in [5.74, 6) is 0.199. The molecule has 0 saturated carbocycles. The van der Waals surface area contributed by atoms with Crippen molar-refractivity contribution in [3.05, 3.63) is 0 Å². The van der Waals surface area contributed by atoms with Crippen molar-refractivity contribution in [1.29, 1.82) is 0 Å². The first-order valence-corrected chi connectivity index (χ1v) is 3.69. The van der Waals surface area contributed by atoms with Gasteiger partial charge in [0, 0.05) is 0 Å². The Hall–Kier alpha value is 0.0249. The van der Waals surface area contributed by atoms with Gasteiger partial charge in [-0.25, -0.2) is 0 Å². The van der Waals surface area contributed by atoms with Gasteiger partial charge in [-0.1, -0.05) is 38.9 Å². The quantitative estimate of drug-likeness (QED) is 0.565. The van der Waals surface area contributed by atoms with E-state index in [4.69, 9.17) is 13.6 Å². The van der Waals surface area contributed by atoms with E-state index in [2.05, 4.69) is 6.92 Å². The molecular formula is C7H16BN. The topological polar surface area (TPSA) is 26.0 Å². The second-order valence-electron chi connectivity index (χ2n) is 2.67. The summed E-state index contributed by atoms with van der Waals surface area (Å²) >= 11 is 0. The molecule has 0 aromatic heterocycles. The molecule has 0 amide bonds. The van der Waals surface area contributed by atoms with Crippen LogP contribution in [0.4, 0.5) is 0 Å². The minimum Gasteiger partial charge on any atom is -0.328 e. The summed E-state index contributed by atoms with van der Waals surface area (Å²) in [6.07, 6.45) is 3.47. The Morgan fingerprint density at radius 3 is 2.44 bits per heavy atom. The average Bonchev–Trinajstić information content (AvgIpc) is 1.82. The van der Waals surface area contributed by atoms with Crippen LogP contribution in [0, 0.1) is 0 Å². The fourth-order valence-electron chi connectivity index (χ4n) is 0.703. The Labute approximate surface area is 59.4 Å². The molecule has 1 nitrogen and oxygen atoms in total. The highest BCUT2D eigenvalue weighted by Crippen LogP contribution is 2.12. The molecule has 9 heavy (non-hydrogen) atoms. The van der Waals surface area contributed by atoms with Crippen LogP contribution in [0.5, 0.6) is 0 Å². The molecule has 0 fully saturated rings. The van der Waals surface area contributed by atoms with Crippen LogP contribution in [0.1, 0.15) is 33.1 Å². The SMILES string of the molecule is [B][C@@H](CCCC)[C@@H](C)N. The van der Waals surface area contributed by atoms with Gasteiger partial charge in [-0.3, -0.25) is 0 Å². The predicted molar refractivity (Wildman–Crippen MR) is 42.7 cm³/mol. The Bertz CT molecular complexity index is 63.9. The molecule has 0 aliphatic carbocycles. The maximum absolute atomic E-state index is 5.68. The lowest BCUT2D eigenvalue weighted by molar-refractivity contribution is 0.591. The minimum absolute atomic E-state index is 0.150. The number of nitrogens with two attached hydrogens (primary N) is 1. The van der Waals surface area contributed by atoms with Crippen LogP contribution in [0.2, 0.25) is 5.82 Å². The van der Waals surface area contributed by atoms with E-state index < -0.39 is 0 Å². The lowest BCUT2D eigenvalue weighted by Crippen LogP contribution is -2.21. The maximum atomic E-state index is 5.68. The summed E-state index contributed by atoms with van der Waals surface area (Å²) in [5, 5.41) is 0. The van der Waals surface area contributed by atoms with E-state index in [1.807, 2.05) is 6.92 Å². The summed E-state index contributed by atoms with van der Waals surface area (Å²) in [6.45, 7) is 4.12. The van der Waals surface area contributed by atoms with Gasteiger partial charge >= 0.3 is 0 Å². The van der Waals surface area contributed by atoms with Crippen LogP contribution >= 0.6 is 0 Å². The molecule has 0 rings (SSSR count). The van der Waals surface area contributed by atoms with Crippen molar-refractivity contribution in [2.75, 3.05) is 0 Å². The molecule has 2 atom stereocenters. The van der Waals surface area contributed by atoms with Crippen LogP contribution in [0.25, 0.3) is 0 Å². The van der Waals surface area contributed by atoms with Gasteiger partial charge in [0.2, 0.25) is 0 Å². The first kappa shape index (κ1) is 9.02. The smallest absolute Gasteiger partial charge is 0.0720 e. The molecule has 2 radical (unpaired) electrons. The van der Waals surface area contributed by atoms with E-state index in [-0.39, 0.29) is 11.9 Å². The van der Waals surface area contributed by atoms with Gasteiger partial charge in [0.15, 0.2) is 0 Å². The van der Waals surface area contributed by atoms with Crippen molar-refractivity contribution in [3.63, 3.8) is 0 Å². The van der Waals surface area contributed by atoms with E-state index in [1.165, 1.54) is 12.8 Å². The lowest BCUT2D eigenvalue weighted by Gasteiger charge is -2.14. The molecule has 0 spiro atoms. The largest absolute Gasteiger partial charge is 0.328 e. The van der Waals surface area contributed by atoms with Crippen molar-refractivity contribution in [2.45, 2.75) is 45.0 Å². The summed E-state index contributed by atoms with van der Waals surface area (Å²) in [7, 11) is 5.68. The van der Waals surface area contributed by atoms with Crippen molar-refractivity contribution >= 4 is 7.85 Å². The number of hydrogen-bond donors (Lipinski definition) is 1. The van der Waals surface area contributed by atoms with Gasteiger partial charge in [0.05, 0.1) is 7.85 Å². The monoisotopic (exact) mass is 125 g/mol. The normalized spacial score (nSPS) is 17.2. The molecule has 0 heterocycles. The first-order chi connectivity index (χ1) is 4.18. The highest BCUT2D eigenvalue weighted by molar-refractivity contribution is 6.12. The zero-order chi connectivity index (χ0) is 7.28. The Balaban J connectivity index is 3.16. The predicted octanol–water partition coefficient (Wildman–Crippen LogP) is 1.48. The molecule has 0 aromatic rings. The Morgan fingerprint density at radius 2 is 2.11 bits per heavy atom. The summed E-state index contributed by atoms with van der Waals surface area (Å²) < 4.78 is 0. The number of unbranched alkanes of at least 4 members (excludes halogenated alkanes) is 1. The minimum atomic E-state index is 0.150. The van der Waals surface area contributed by atoms with E-state index in [0.717, 1.165) is 6.42 Å². The Morgan fingerprint density at radius 1 is 1.56 bits per heavy atom. The maximum Gasteiger partial charge on any atom is 0.0720 e. The van der Waals surface area contributed by atoms with Crippen LogP contribution in [-0.4, -0.2) is 13.9 Å². The van der Waals surface area contributed by atoms with Crippen molar-refractivity contribution in [3.8, 4) is 0 Å². The third kappa shape index (κ3) is 4.52. The van der Waals surface area contributed by atoms with Gasteiger partial charge < -0.3 is 5.73 Å². The van der Waals surface area contributed by atoms with Crippen LogP contribution in [-0.2, 0) is 0 Å². The van der Waals surface area contributed by atoms with Gasteiger partial charge in [0.1, 0.15) is 0 Å². The molecule has 0 aliphatic rings. The van der Waals surface area contributed by atoms with Crippen LogP contribution in [0.3, 0.4) is 0 Å². The summed E-state index contributed by atoms with van der Waals surface area (Å²) in [4.78, 5) is 0. The van der Waals surface area contributed by atoms with E-state index in [9.17, 15) is 0 Å². The molecular weight excluding hydrogens is 109 g/mol. The van der Waals surface area contributed by atoms with Crippen molar-refractivity contribution in [2.24, 2.45) is 5.73 Å². The second-order valence-corrected chi connectivity index (χ2v) is 2.67. The van der Waals surface area contributed by atoms with E-state index in [0.29, 0.717) is 0 Å². The van der Waals surface area contributed by atoms with Gasteiger partial charge in [0.25, 0.3) is 0 Å². The van der Waals surface area contributed by atoms with E-state index >= 15 is 0 Å². The third-order valence-electron chi connectivity index (χ3n) is 1.57. The van der Waals surface area contributed by atoms with Crippen molar-refractivity contribution in [1.82, 2.24) is 0 Å². The highest BCUT2D eigenvalue weighted by atomic mass is 14.6. The molecule has 0 aliphatic heterocycles. The fourth-order valence-corrected chi connectivity index (χ4v) is 0.703. The molecule has 2 N–H and O–H groups in total. The molecule has 0 saturated heterocycles. The number of rotatable bonds is 4. The third-order valence-corrected chi connectivity index (χ3v) is 1.57. The highest BCUT2D eigenvalue weighted by Gasteiger charge is 2.04. The first-order valence-electron chi connectivity index (χ1n) is 3.69. The fraction of sp³-hybridized carbons (Fsp3) is 1.00. The summed E-state index contributed by atoms with van der Waals surface area (Å²) in [6, 6.07) is 0.150. The van der Waals surface area contributed by atoms with Gasteiger partial charge in [-0.2, -0.15) is 0 Å². The van der Waals surface area contributed by atoms with E-state index in [1.54, 1.807) is 0 Å². The number of hydrogen-bond acceptors (Lipinski definition) is 1. The van der Waals surface area contributed by atoms with Gasteiger partial charge in [-0.15, -0.1) is 0 Å².